The second kappa shape index (κ2) is 10.1. The number of aromatic hydroxyl groups is 1. The smallest absolute Gasteiger partial charge is 0.243 e. The number of carbonyl (C=O) groups is 1. The van der Waals surface area contributed by atoms with Crippen LogP contribution >= 0.6 is 0 Å². The van der Waals surface area contributed by atoms with E-state index in [2.05, 4.69) is 10.5 Å². The minimum atomic E-state index is -3.55. The van der Waals surface area contributed by atoms with Gasteiger partial charge in [-0.05, 0) is 68.1 Å². The van der Waals surface area contributed by atoms with E-state index in [-0.39, 0.29) is 22.5 Å². The lowest BCUT2D eigenvalue weighted by molar-refractivity contribution is -0.126. The van der Waals surface area contributed by atoms with Crippen LogP contribution in [-0.2, 0) is 14.8 Å². The summed E-state index contributed by atoms with van der Waals surface area (Å²) in [5.41, 5.74) is 5.26. The molecule has 31 heavy (non-hydrogen) atoms. The predicted molar refractivity (Wildman–Crippen MR) is 120 cm³/mol. The third kappa shape index (κ3) is 5.71. The number of carbonyl (C=O) groups excluding carboxylic acids is 1. The van der Waals surface area contributed by atoms with Crippen LogP contribution in [0.1, 0.15) is 43.7 Å². The Morgan fingerprint density at radius 3 is 2.29 bits per heavy atom. The largest absolute Gasteiger partial charge is 0.508 e. The molecule has 1 saturated heterocycles. The molecule has 1 amide bonds. The molecular formula is C23H29N3O4S. The van der Waals surface area contributed by atoms with Crippen molar-refractivity contribution in [3.05, 3.63) is 59.7 Å². The van der Waals surface area contributed by atoms with Gasteiger partial charge in [0.15, 0.2) is 0 Å². The molecule has 1 aliphatic heterocycles. The minimum Gasteiger partial charge on any atom is -0.508 e. The molecular weight excluding hydrogens is 414 g/mol. The van der Waals surface area contributed by atoms with Crippen LogP contribution in [0, 0.1) is 12.8 Å². The maximum atomic E-state index is 12.8. The zero-order valence-corrected chi connectivity index (χ0v) is 18.7. The number of nitrogens with one attached hydrogen (secondary N) is 1. The van der Waals surface area contributed by atoms with E-state index in [1.54, 1.807) is 48.5 Å². The zero-order chi connectivity index (χ0) is 22.4. The number of nitrogens with zero attached hydrogens (tertiary/aromatic N) is 2. The molecule has 0 unspecified atom stereocenters. The lowest BCUT2D eigenvalue weighted by atomic mass is 9.97. The maximum absolute atomic E-state index is 12.8. The van der Waals surface area contributed by atoms with Gasteiger partial charge in [0.05, 0.1) is 10.6 Å². The van der Waals surface area contributed by atoms with Gasteiger partial charge in [-0.25, -0.2) is 13.8 Å². The van der Waals surface area contributed by atoms with Gasteiger partial charge in [0.2, 0.25) is 15.9 Å². The average Bonchev–Trinajstić information content (AvgIpc) is 2.77. The summed E-state index contributed by atoms with van der Waals surface area (Å²) in [6, 6.07) is 13.5. The topological polar surface area (TPSA) is 99.1 Å². The SMILES string of the molecule is CCC/C(=N\NC(=O)C1CCN(S(=O)(=O)c2ccc(C)cc2)CC1)c1ccc(O)cc1. The Morgan fingerprint density at radius 1 is 1.10 bits per heavy atom. The van der Waals surface area contributed by atoms with Crippen LogP contribution < -0.4 is 5.43 Å². The molecule has 1 fully saturated rings. The molecule has 1 heterocycles. The average molecular weight is 444 g/mol. The first-order valence-corrected chi connectivity index (χ1v) is 12.0. The highest BCUT2D eigenvalue weighted by molar-refractivity contribution is 7.89. The standard InChI is InChI=1S/C23H29N3O4S/c1-3-4-22(18-7-9-20(27)10-8-18)24-25-23(28)19-13-15-26(16-14-19)31(29,30)21-11-5-17(2)6-12-21/h5-12,19,27H,3-4,13-16H2,1-2H3,(H,25,28)/b24-22+. The highest BCUT2D eigenvalue weighted by Crippen LogP contribution is 2.24. The van der Waals surface area contributed by atoms with Crippen molar-refractivity contribution in [1.29, 1.82) is 0 Å². The Kier molecular flexibility index (Phi) is 7.46. The predicted octanol–water partition coefficient (Wildman–Crippen LogP) is 3.42. The van der Waals surface area contributed by atoms with Gasteiger partial charge >= 0.3 is 0 Å². The number of benzene rings is 2. The molecule has 0 saturated carbocycles. The monoisotopic (exact) mass is 443 g/mol. The molecule has 0 atom stereocenters. The van der Waals surface area contributed by atoms with Gasteiger partial charge in [-0.15, -0.1) is 0 Å². The first-order chi connectivity index (χ1) is 14.8. The Morgan fingerprint density at radius 2 is 1.71 bits per heavy atom. The minimum absolute atomic E-state index is 0.177. The zero-order valence-electron chi connectivity index (χ0n) is 17.9. The lowest BCUT2D eigenvalue weighted by Gasteiger charge is -2.30. The third-order valence-corrected chi connectivity index (χ3v) is 7.38. The molecule has 2 aromatic carbocycles. The molecule has 3 rings (SSSR count). The first-order valence-electron chi connectivity index (χ1n) is 10.5. The van der Waals surface area contributed by atoms with Crippen LogP contribution in [0.15, 0.2) is 58.5 Å². The first kappa shape index (κ1) is 23.0. The van der Waals surface area contributed by atoms with Gasteiger partial charge in [0.1, 0.15) is 5.75 Å². The molecule has 0 aliphatic carbocycles. The molecule has 2 aromatic rings. The molecule has 8 heteroatoms. The number of sulfonamides is 1. The van der Waals surface area contributed by atoms with Crippen molar-refractivity contribution in [3.8, 4) is 5.75 Å². The summed E-state index contributed by atoms with van der Waals surface area (Å²) in [6.45, 7) is 4.55. The van der Waals surface area contributed by atoms with Gasteiger partial charge in [-0.2, -0.15) is 9.41 Å². The van der Waals surface area contributed by atoms with E-state index in [1.807, 2.05) is 13.8 Å². The third-order valence-electron chi connectivity index (χ3n) is 5.47. The van der Waals surface area contributed by atoms with Gasteiger partial charge in [-0.1, -0.05) is 31.0 Å². The summed E-state index contributed by atoms with van der Waals surface area (Å²) < 4.78 is 27.1. The van der Waals surface area contributed by atoms with Gasteiger partial charge in [0.25, 0.3) is 0 Å². The Hall–Kier alpha value is -2.71. The van der Waals surface area contributed by atoms with Crippen LogP contribution in [0.25, 0.3) is 0 Å². The van der Waals surface area contributed by atoms with E-state index in [0.29, 0.717) is 32.4 Å². The maximum Gasteiger partial charge on any atom is 0.243 e. The van der Waals surface area contributed by atoms with Crippen LogP contribution in [0.4, 0.5) is 0 Å². The number of hydrogen-bond acceptors (Lipinski definition) is 5. The number of hydrazone groups is 1. The normalized spacial score (nSPS) is 16.3. The highest BCUT2D eigenvalue weighted by Gasteiger charge is 2.32. The molecule has 0 bridgehead atoms. The van der Waals surface area contributed by atoms with Crippen LogP contribution in [0.3, 0.4) is 0 Å². The number of aryl methyl sites for hydroxylation is 1. The fourth-order valence-corrected chi connectivity index (χ4v) is 5.06. The molecule has 0 radical (unpaired) electrons. The fraction of sp³-hybridized carbons (Fsp3) is 0.391. The Balaban J connectivity index is 1.61. The van der Waals surface area contributed by atoms with E-state index in [4.69, 9.17) is 0 Å². The molecule has 0 spiro atoms. The molecule has 166 valence electrons. The number of phenolic OH excluding ortho intramolecular Hbond substituents is 1. The van der Waals surface area contributed by atoms with Crippen LogP contribution in [0.5, 0.6) is 5.75 Å². The second-order valence-electron chi connectivity index (χ2n) is 7.82. The van der Waals surface area contributed by atoms with E-state index in [1.165, 1.54) is 4.31 Å². The van der Waals surface area contributed by atoms with Crippen LogP contribution in [-0.4, -0.2) is 42.5 Å². The molecule has 2 N–H and O–H groups in total. The number of amides is 1. The van der Waals surface area contributed by atoms with Crippen molar-refractivity contribution >= 4 is 21.6 Å². The molecule has 0 aromatic heterocycles. The van der Waals surface area contributed by atoms with E-state index in [9.17, 15) is 18.3 Å². The Bertz CT molecular complexity index is 1020. The van der Waals surface area contributed by atoms with Gasteiger partial charge in [-0.3, -0.25) is 4.79 Å². The number of hydrogen-bond donors (Lipinski definition) is 2. The highest BCUT2D eigenvalue weighted by atomic mass is 32.2. The summed E-state index contributed by atoms with van der Waals surface area (Å²) in [4.78, 5) is 12.9. The summed E-state index contributed by atoms with van der Waals surface area (Å²) >= 11 is 0. The second-order valence-corrected chi connectivity index (χ2v) is 9.76. The van der Waals surface area contributed by atoms with Crippen molar-refractivity contribution in [3.63, 3.8) is 0 Å². The molecule has 1 aliphatic rings. The summed E-state index contributed by atoms with van der Waals surface area (Å²) in [7, 11) is -3.55. The van der Waals surface area contributed by atoms with Crippen molar-refractivity contribution in [2.24, 2.45) is 11.0 Å². The summed E-state index contributed by atoms with van der Waals surface area (Å²) in [5.74, 6) is -0.299. The van der Waals surface area contributed by atoms with Crippen molar-refractivity contribution in [1.82, 2.24) is 9.73 Å². The number of phenols is 1. The Labute approximate surface area is 183 Å². The van der Waals surface area contributed by atoms with Gasteiger partial charge in [0, 0.05) is 19.0 Å². The number of piperidine rings is 1. The van der Waals surface area contributed by atoms with Crippen molar-refractivity contribution < 1.29 is 18.3 Å². The fourth-order valence-electron chi connectivity index (χ4n) is 3.59. The van der Waals surface area contributed by atoms with Gasteiger partial charge < -0.3 is 5.11 Å². The summed E-state index contributed by atoms with van der Waals surface area (Å²) in [6.07, 6.45) is 2.46. The quantitative estimate of drug-likeness (QED) is 0.506. The lowest BCUT2D eigenvalue weighted by Crippen LogP contribution is -2.42. The molecule has 7 nitrogen and oxygen atoms in total. The summed E-state index contributed by atoms with van der Waals surface area (Å²) in [5, 5.41) is 13.8. The van der Waals surface area contributed by atoms with Crippen molar-refractivity contribution in [2.45, 2.75) is 44.4 Å². The van der Waals surface area contributed by atoms with E-state index < -0.39 is 10.0 Å². The van der Waals surface area contributed by atoms with E-state index >= 15 is 0 Å². The number of rotatable bonds is 7. The van der Waals surface area contributed by atoms with Crippen LogP contribution in [0.2, 0.25) is 0 Å². The van der Waals surface area contributed by atoms with E-state index in [0.717, 1.165) is 23.3 Å². The van der Waals surface area contributed by atoms with Crippen molar-refractivity contribution in [2.75, 3.05) is 13.1 Å².